The van der Waals surface area contributed by atoms with E-state index in [9.17, 15) is 39.9 Å². The fraction of sp³-hybridized carbons (Fsp3) is 0.435. The minimum Gasteiger partial charge on any atom is -0.508 e. The summed E-state index contributed by atoms with van der Waals surface area (Å²) in [5, 5.41) is 55.1. The fourth-order valence-electron chi connectivity index (χ4n) is 5.60. The zero-order chi connectivity index (χ0) is 23.9. The maximum atomic E-state index is 13.7. The molecule has 170 valence electrons. The molecule has 3 aliphatic carbocycles. The van der Waals surface area contributed by atoms with Crippen LogP contribution in [0.4, 0.5) is 0 Å². The molecule has 1 aromatic rings. The van der Waals surface area contributed by atoms with Crippen LogP contribution in [0.25, 0.3) is 5.76 Å². The minimum absolute atomic E-state index is 0.148. The molecular weight excluding hydrogens is 418 g/mol. The summed E-state index contributed by atoms with van der Waals surface area (Å²) in [5.74, 6) is -6.95. The van der Waals surface area contributed by atoms with Crippen LogP contribution in [0.5, 0.6) is 5.75 Å². The van der Waals surface area contributed by atoms with E-state index in [1.165, 1.54) is 30.0 Å². The van der Waals surface area contributed by atoms with Crippen molar-refractivity contribution in [3.8, 4) is 5.75 Å². The molecule has 0 spiro atoms. The van der Waals surface area contributed by atoms with Gasteiger partial charge in [0, 0.05) is 17.4 Å². The first kappa shape index (κ1) is 22.2. The largest absolute Gasteiger partial charge is 0.508 e. The number of carbonyl (C=O) groups excluding carboxylic acids is 3. The van der Waals surface area contributed by atoms with Gasteiger partial charge in [0.1, 0.15) is 22.8 Å². The summed E-state index contributed by atoms with van der Waals surface area (Å²) in [7, 11) is 3.09. The third-order valence-electron chi connectivity index (χ3n) is 7.13. The lowest BCUT2D eigenvalue weighted by Gasteiger charge is -2.53. The Labute approximate surface area is 183 Å². The highest BCUT2D eigenvalue weighted by molar-refractivity contribution is 6.25. The summed E-state index contributed by atoms with van der Waals surface area (Å²) in [6.07, 6.45) is -0.159. The molecule has 1 fully saturated rings. The Kier molecular flexibility index (Phi) is 4.68. The van der Waals surface area contributed by atoms with Crippen molar-refractivity contribution in [2.75, 3.05) is 14.1 Å². The third-order valence-corrected chi connectivity index (χ3v) is 7.13. The fourth-order valence-corrected chi connectivity index (χ4v) is 5.60. The monoisotopic (exact) mass is 443 g/mol. The first-order valence-electron chi connectivity index (χ1n) is 10.2. The number of hydrogen-bond acceptors (Lipinski definition) is 9. The van der Waals surface area contributed by atoms with E-state index in [1.54, 1.807) is 14.1 Å². The van der Waals surface area contributed by atoms with Gasteiger partial charge in [-0.2, -0.15) is 0 Å². The van der Waals surface area contributed by atoms with Crippen LogP contribution < -0.4 is 0 Å². The predicted octanol–water partition coefficient (Wildman–Crippen LogP) is 0.733. The number of Topliss-reactive ketones (excluding diaryl/α,β-unsaturated/α-hetero) is 3. The van der Waals surface area contributed by atoms with E-state index in [4.69, 9.17) is 0 Å². The average Bonchev–Trinajstić information content (AvgIpc) is 2.68. The number of benzene rings is 1. The number of phenolic OH excluding ortho intramolecular Hbond substituents is 1. The van der Waals surface area contributed by atoms with Gasteiger partial charge >= 0.3 is 0 Å². The smallest absolute Gasteiger partial charge is 0.202 e. The summed E-state index contributed by atoms with van der Waals surface area (Å²) >= 11 is 0. The van der Waals surface area contributed by atoms with Crippen molar-refractivity contribution in [1.29, 1.82) is 0 Å². The minimum atomic E-state index is -2.67. The molecule has 9 nitrogen and oxygen atoms in total. The van der Waals surface area contributed by atoms with E-state index in [1.807, 2.05) is 0 Å². The molecule has 0 saturated heterocycles. The maximum absolute atomic E-state index is 13.7. The van der Waals surface area contributed by atoms with Crippen LogP contribution in [0, 0.1) is 11.8 Å². The molecule has 5 atom stereocenters. The quantitative estimate of drug-likeness (QED) is 0.416. The van der Waals surface area contributed by atoms with Crippen molar-refractivity contribution in [2.24, 2.45) is 11.8 Å². The van der Waals surface area contributed by atoms with Gasteiger partial charge in [0.25, 0.3) is 0 Å². The molecule has 3 aliphatic rings. The van der Waals surface area contributed by atoms with Crippen molar-refractivity contribution < 1.29 is 39.9 Å². The van der Waals surface area contributed by atoms with Crippen LogP contribution in [0.2, 0.25) is 0 Å². The summed E-state index contributed by atoms with van der Waals surface area (Å²) in [6.45, 7) is 2.47. The topological polar surface area (TPSA) is 156 Å². The second kappa shape index (κ2) is 6.74. The molecule has 2 unspecified atom stereocenters. The number of carbonyl (C=O) groups is 3. The van der Waals surface area contributed by atoms with Gasteiger partial charge in [-0.05, 0) is 46.0 Å². The van der Waals surface area contributed by atoms with Gasteiger partial charge in [0.15, 0.2) is 17.2 Å². The van der Waals surface area contributed by atoms with Gasteiger partial charge in [0.05, 0.1) is 17.2 Å². The molecule has 9 heteroatoms. The summed E-state index contributed by atoms with van der Waals surface area (Å²) in [5.41, 5.74) is -5.40. The van der Waals surface area contributed by atoms with Crippen LogP contribution >= 0.6 is 0 Å². The Bertz CT molecular complexity index is 1140. The highest BCUT2D eigenvalue weighted by Gasteiger charge is 2.66. The van der Waals surface area contributed by atoms with Gasteiger partial charge in [0.2, 0.25) is 5.78 Å². The number of fused-ring (bicyclic) bond motifs is 3. The van der Waals surface area contributed by atoms with Gasteiger partial charge in [-0.15, -0.1) is 0 Å². The van der Waals surface area contributed by atoms with E-state index in [2.05, 4.69) is 0 Å². The molecule has 0 heterocycles. The zero-order valence-corrected chi connectivity index (χ0v) is 18.1. The van der Waals surface area contributed by atoms with Crippen molar-refractivity contribution >= 4 is 23.1 Å². The van der Waals surface area contributed by atoms with E-state index < -0.39 is 63.5 Å². The Hall–Kier alpha value is -3.01. The lowest BCUT2D eigenvalue weighted by molar-refractivity contribution is -0.159. The number of aromatic hydroxyl groups is 1. The second-order valence-corrected chi connectivity index (χ2v) is 9.15. The number of likely N-dealkylation sites (N-methyl/N-ethyl adjacent to an activating group) is 1. The number of ketones is 3. The van der Waals surface area contributed by atoms with Gasteiger partial charge in [-0.1, -0.05) is 12.1 Å². The van der Waals surface area contributed by atoms with Gasteiger partial charge in [-0.25, -0.2) is 0 Å². The maximum Gasteiger partial charge on any atom is 0.202 e. The van der Waals surface area contributed by atoms with Crippen molar-refractivity contribution in [2.45, 2.75) is 37.5 Å². The van der Waals surface area contributed by atoms with Crippen molar-refractivity contribution in [1.82, 2.24) is 4.90 Å². The lowest BCUT2D eigenvalue weighted by Crippen LogP contribution is -2.66. The molecule has 0 radical (unpaired) electrons. The number of rotatable bonds is 2. The van der Waals surface area contributed by atoms with E-state index in [-0.39, 0.29) is 28.9 Å². The Morgan fingerprint density at radius 1 is 1.12 bits per heavy atom. The molecular formula is C23H25NO8. The first-order valence-corrected chi connectivity index (χ1v) is 10.2. The standard InChI is InChI=1S/C23H25NO8/c1-9(25)14-19(28)17(24(3)4)12-8-11-16(21(30)23(12,32)20(14)29)18(27)15-10(22(11,2)31)6-5-7-13(15)26/h5-7,11-12,17,26-27,29,31-32H,8H2,1-4H3/t11?,12?,17-,22+,23+/m0/s1. The summed E-state index contributed by atoms with van der Waals surface area (Å²) in [6, 6.07) is 3.14. The Balaban J connectivity index is 2.05. The summed E-state index contributed by atoms with van der Waals surface area (Å²) in [4.78, 5) is 40.4. The Morgan fingerprint density at radius 3 is 2.31 bits per heavy atom. The number of nitrogens with zero attached hydrogens (tertiary/aromatic N) is 1. The molecule has 32 heavy (non-hydrogen) atoms. The molecule has 0 bridgehead atoms. The average molecular weight is 443 g/mol. The van der Waals surface area contributed by atoms with Crippen LogP contribution in [-0.4, -0.2) is 73.5 Å². The van der Waals surface area contributed by atoms with Gasteiger partial charge < -0.3 is 25.5 Å². The Morgan fingerprint density at radius 2 is 1.75 bits per heavy atom. The third kappa shape index (κ3) is 2.52. The highest BCUT2D eigenvalue weighted by atomic mass is 16.3. The second-order valence-electron chi connectivity index (χ2n) is 9.15. The molecule has 4 rings (SSSR count). The van der Waals surface area contributed by atoms with Crippen molar-refractivity contribution in [3.63, 3.8) is 0 Å². The number of aliphatic hydroxyl groups is 4. The predicted molar refractivity (Wildman–Crippen MR) is 112 cm³/mol. The lowest BCUT2D eigenvalue weighted by atomic mass is 9.54. The zero-order valence-electron chi connectivity index (χ0n) is 18.1. The molecule has 0 aliphatic heterocycles. The van der Waals surface area contributed by atoms with Crippen molar-refractivity contribution in [3.05, 3.63) is 46.2 Å². The normalized spacial score (nSPS) is 34.4. The number of aliphatic hydroxyl groups excluding tert-OH is 2. The number of hydrogen-bond donors (Lipinski definition) is 5. The van der Waals surface area contributed by atoms with E-state index >= 15 is 0 Å². The van der Waals surface area contributed by atoms with Crippen LogP contribution in [-0.2, 0) is 20.0 Å². The molecule has 0 aromatic heterocycles. The van der Waals surface area contributed by atoms with E-state index in [0.717, 1.165) is 6.92 Å². The molecule has 0 amide bonds. The van der Waals surface area contributed by atoms with Crippen LogP contribution in [0.1, 0.15) is 31.4 Å². The molecule has 5 N–H and O–H groups in total. The van der Waals surface area contributed by atoms with Gasteiger partial charge in [-0.3, -0.25) is 19.3 Å². The summed E-state index contributed by atoms with van der Waals surface area (Å²) < 4.78 is 0. The van der Waals surface area contributed by atoms with Crippen LogP contribution in [0.15, 0.2) is 35.1 Å². The first-order chi connectivity index (χ1) is 14.8. The molecule has 1 saturated carbocycles. The molecule has 1 aromatic carbocycles. The van der Waals surface area contributed by atoms with Crippen LogP contribution in [0.3, 0.4) is 0 Å². The SMILES string of the molecule is CC(=O)C1=C(O)[C@@]2(O)C(=O)C3=C(O)c4c(O)cccc4[C@@](C)(O)C3CC2[C@H](N(C)C)C1=O. The van der Waals surface area contributed by atoms with E-state index in [0.29, 0.717) is 0 Å². The number of phenols is 1. The highest BCUT2D eigenvalue weighted by Crippen LogP contribution is 2.57.